The van der Waals surface area contributed by atoms with E-state index >= 15 is 0 Å². The quantitative estimate of drug-likeness (QED) is 0.760. The molecule has 0 amide bonds. The minimum Gasteiger partial charge on any atom is -0.498 e. The predicted molar refractivity (Wildman–Crippen MR) is 94.0 cm³/mol. The third-order valence-corrected chi connectivity index (χ3v) is 7.19. The molecule has 3 aliphatic carbocycles. The summed E-state index contributed by atoms with van der Waals surface area (Å²) in [6.45, 7) is 6.35. The van der Waals surface area contributed by atoms with Crippen LogP contribution >= 0.6 is 0 Å². The Morgan fingerprint density at radius 3 is 2.77 bits per heavy atom. The highest BCUT2D eigenvalue weighted by atomic mass is 16.7. The molecule has 0 N–H and O–H groups in total. The van der Waals surface area contributed by atoms with E-state index in [1.54, 1.807) is 20.3 Å². The standard InChI is InChI=1S/C21H22O5/c1-5-8-20-15(22)10-16(23-3)21(24-4)18(20)19(21,2)17(20)12-6-7-13-14(9-12)26-11-25-13/h5-7,9-10,17-18H,1,8,11H2,2-4H3/t17-,18?,19?,20-,21+/m1/s1. The molecule has 5 rings (SSSR count). The Bertz CT molecular complexity index is 873. The molecule has 1 aliphatic heterocycles. The lowest BCUT2D eigenvalue weighted by atomic mass is 9.49. The summed E-state index contributed by atoms with van der Waals surface area (Å²) in [6.07, 6.45) is 4.10. The number of ketones is 1. The van der Waals surface area contributed by atoms with Crippen molar-refractivity contribution in [1.82, 2.24) is 0 Å². The van der Waals surface area contributed by atoms with Crippen LogP contribution in [0, 0.1) is 16.7 Å². The lowest BCUT2D eigenvalue weighted by molar-refractivity contribution is -0.135. The molecule has 5 nitrogen and oxygen atoms in total. The van der Waals surface area contributed by atoms with Crippen LogP contribution in [0.3, 0.4) is 0 Å². The summed E-state index contributed by atoms with van der Waals surface area (Å²) in [6, 6.07) is 5.98. The number of carbonyl (C=O) groups excluding carboxylic acids is 1. The lowest BCUT2D eigenvalue weighted by Gasteiger charge is -2.51. The average molecular weight is 354 g/mol. The molecule has 136 valence electrons. The summed E-state index contributed by atoms with van der Waals surface area (Å²) in [5.74, 6) is 2.31. The molecular weight excluding hydrogens is 332 g/mol. The summed E-state index contributed by atoms with van der Waals surface area (Å²) in [4.78, 5) is 13.3. The second-order valence-electron chi connectivity index (χ2n) is 7.81. The topological polar surface area (TPSA) is 54.0 Å². The van der Waals surface area contributed by atoms with Gasteiger partial charge in [0, 0.05) is 30.4 Å². The van der Waals surface area contributed by atoms with E-state index in [0.717, 1.165) is 17.1 Å². The Morgan fingerprint density at radius 2 is 2.08 bits per heavy atom. The molecule has 1 aromatic rings. The maximum absolute atomic E-state index is 13.3. The van der Waals surface area contributed by atoms with Gasteiger partial charge in [-0.2, -0.15) is 0 Å². The van der Waals surface area contributed by atoms with Crippen LogP contribution in [0.1, 0.15) is 24.8 Å². The van der Waals surface area contributed by atoms with Crippen molar-refractivity contribution in [3.05, 3.63) is 48.3 Å². The number of methoxy groups -OCH3 is 2. The minimum absolute atomic E-state index is 0.00356. The zero-order valence-electron chi connectivity index (χ0n) is 15.2. The number of allylic oxidation sites excluding steroid dienone is 2. The molecule has 26 heavy (non-hydrogen) atoms. The summed E-state index contributed by atoms with van der Waals surface area (Å²) in [7, 11) is 3.32. The SMILES string of the molecule is C=CC[C@]12C(=O)C=C(OC)[C@]3(OC)C1C3(C)[C@H]2c1ccc2c(c1)OCO2. The van der Waals surface area contributed by atoms with Gasteiger partial charge in [0.05, 0.1) is 12.5 Å². The molecule has 0 bridgehead atoms. The van der Waals surface area contributed by atoms with Crippen molar-refractivity contribution in [3.8, 4) is 11.5 Å². The van der Waals surface area contributed by atoms with Gasteiger partial charge >= 0.3 is 0 Å². The fourth-order valence-corrected chi connectivity index (χ4v) is 6.50. The minimum atomic E-state index is -0.556. The number of hydrogen-bond acceptors (Lipinski definition) is 5. The van der Waals surface area contributed by atoms with E-state index in [2.05, 4.69) is 13.5 Å². The fourth-order valence-electron chi connectivity index (χ4n) is 6.50. The van der Waals surface area contributed by atoms with E-state index in [4.69, 9.17) is 18.9 Å². The van der Waals surface area contributed by atoms with Crippen LogP contribution < -0.4 is 9.47 Å². The number of ether oxygens (including phenoxy) is 4. The number of rotatable bonds is 5. The Morgan fingerprint density at radius 1 is 1.31 bits per heavy atom. The first-order valence-corrected chi connectivity index (χ1v) is 8.88. The Labute approximate surface area is 152 Å². The van der Waals surface area contributed by atoms with Gasteiger partial charge in [-0.25, -0.2) is 0 Å². The molecule has 0 aromatic heterocycles. The van der Waals surface area contributed by atoms with E-state index in [1.165, 1.54) is 0 Å². The average Bonchev–Trinajstić information content (AvgIpc) is 2.93. The lowest BCUT2D eigenvalue weighted by Crippen LogP contribution is -2.51. The first kappa shape index (κ1) is 15.9. The van der Waals surface area contributed by atoms with Crippen LogP contribution in [-0.2, 0) is 14.3 Å². The Kier molecular flexibility index (Phi) is 2.89. The molecule has 1 aromatic carbocycles. The Balaban J connectivity index is 1.70. The first-order valence-electron chi connectivity index (χ1n) is 8.88. The molecule has 0 spiro atoms. The highest BCUT2D eigenvalue weighted by Crippen LogP contribution is 2.92. The van der Waals surface area contributed by atoms with Gasteiger partial charge in [0.2, 0.25) is 6.79 Å². The van der Waals surface area contributed by atoms with Crippen LogP contribution in [0.4, 0.5) is 0 Å². The van der Waals surface area contributed by atoms with Crippen molar-refractivity contribution in [3.63, 3.8) is 0 Å². The van der Waals surface area contributed by atoms with Gasteiger partial charge in [-0.1, -0.05) is 19.1 Å². The van der Waals surface area contributed by atoms with E-state index in [1.807, 2.05) is 24.3 Å². The van der Waals surface area contributed by atoms with Crippen LogP contribution in [0.5, 0.6) is 11.5 Å². The van der Waals surface area contributed by atoms with E-state index < -0.39 is 11.0 Å². The first-order chi connectivity index (χ1) is 12.5. The molecular formula is C21H22O5. The summed E-state index contributed by atoms with van der Waals surface area (Å²) in [5, 5.41) is 0. The number of fused-ring (bicyclic) bond motifs is 2. The maximum atomic E-state index is 13.3. The zero-order valence-corrected chi connectivity index (χ0v) is 15.2. The largest absolute Gasteiger partial charge is 0.498 e. The van der Waals surface area contributed by atoms with Crippen LogP contribution in [-0.4, -0.2) is 32.4 Å². The predicted octanol–water partition coefficient (Wildman–Crippen LogP) is 3.21. The van der Waals surface area contributed by atoms with Gasteiger partial charge in [0.25, 0.3) is 0 Å². The second-order valence-corrected chi connectivity index (χ2v) is 7.81. The monoisotopic (exact) mass is 354 g/mol. The number of carbonyl (C=O) groups is 1. The van der Waals surface area contributed by atoms with Crippen molar-refractivity contribution in [2.24, 2.45) is 16.7 Å². The molecule has 0 saturated heterocycles. The third kappa shape index (κ3) is 1.36. The van der Waals surface area contributed by atoms with Gasteiger partial charge in [-0.3, -0.25) is 4.79 Å². The molecule has 2 fully saturated rings. The van der Waals surface area contributed by atoms with Crippen molar-refractivity contribution in [2.75, 3.05) is 21.0 Å². The molecule has 2 saturated carbocycles. The smallest absolute Gasteiger partial charge is 0.231 e. The fraction of sp³-hybridized carbons (Fsp3) is 0.476. The van der Waals surface area contributed by atoms with Crippen LogP contribution in [0.2, 0.25) is 0 Å². The normalized spacial score (nSPS) is 41.0. The van der Waals surface area contributed by atoms with Gasteiger partial charge in [0.1, 0.15) is 11.4 Å². The summed E-state index contributed by atoms with van der Waals surface area (Å²) < 4.78 is 22.7. The second kappa shape index (κ2) is 4.71. The highest BCUT2D eigenvalue weighted by molar-refractivity contribution is 6.02. The van der Waals surface area contributed by atoms with Gasteiger partial charge in [0.15, 0.2) is 17.3 Å². The van der Waals surface area contributed by atoms with Crippen molar-refractivity contribution in [2.45, 2.75) is 24.9 Å². The zero-order chi connectivity index (χ0) is 18.3. The molecule has 5 heteroatoms. The van der Waals surface area contributed by atoms with Gasteiger partial charge in [-0.05, 0) is 24.1 Å². The Hall–Kier alpha value is -2.27. The number of benzene rings is 1. The molecule has 4 aliphatic rings. The molecule has 2 unspecified atom stereocenters. The highest BCUT2D eigenvalue weighted by Gasteiger charge is 2.97. The molecule has 0 radical (unpaired) electrons. The van der Waals surface area contributed by atoms with E-state index in [-0.39, 0.29) is 29.8 Å². The van der Waals surface area contributed by atoms with Gasteiger partial charge in [-0.15, -0.1) is 6.58 Å². The molecule has 5 atom stereocenters. The van der Waals surface area contributed by atoms with Gasteiger partial charge < -0.3 is 18.9 Å². The van der Waals surface area contributed by atoms with E-state index in [0.29, 0.717) is 12.2 Å². The third-order valence-electron chi connectivity index (χ3n) is 7.19. The molecule has 1 heterocycles. The van der Waals surface area contributed by atoms with Crippen LogP contribution in [0.15, 0.2) is 42.7 Å². The van der Waals surface area contributed by atoms with E-state index in [9.17, 15) is 4.79 Å². The number of hydrogen-bond donors (Lipinski definition) is 0. The van der Waals surface area contributed by atoms with Crippen LogP contribution in [0.25, 0.3) is 0 Å². The summed E-state index contributed by atoms with van der Waals surface area (Å²) in [5.41, 5.74) is -0.220. The van der Waals surface area contributed by atoms with Crippen molar-refractivity contribution < 1.29 is 23.7 Å². The maximum Gasteiger partial charge on any atom is 0.231 e. The summed E-state index contributed by atoms with van der Waals surface area (Å²) >= 11 is 0. The van der Waals surface area contributed by atoms with Crippen molar-refractivity contribution in [1.29, 1.82) is 0 Å². The van der Waals surface area contributed by atoms with Crippen molar-refractivity contribution >= 4 is 5.78 Å².